The molecule has 2 aliphatic rings. The Labute approximate surface area is 292 Å². The number of hydrogen-bond donors (Lipinski definition) is 0. The molecule has 4 nitrogen and oxygen atoms in total. The summed E-state index contributed by atoms with van der Waals surface area (Å²) in [6, 6.07) is 34.8. The second-order valence-electron chi connectivity index (χ2n) is 11.5. The van der Waals surface area contributed by atoms with E-state index in [2.05, 4.69) is 167 Å². The van der Waals surface area contributed by atoms with Crippen LogP contribution in [0.25, 0.3) is 32.6 Å². The normalized spacial score (nSPS) is 16.2. The van der Waals surface area contributed by atoms with Gasteiger partial charge in [-0.2, -0.15) is 9.13 Å². The molecule has 8 rings (SSSR count). The summed E-state index contributed by atoms with van der Waals surface area (Å²) < 4.78 is 7.17. The molecule has 6 aromatic rings. The SMILES string of the molecule is C[n+]1c(C=CC=C2Sc3ccccc3N2CCCN2C(=CC=Cc3sc4ccccc4[n+]3C)Sc3ccccc32)sc2ccccc21. The van der Waals surface area contributed by atoms with E-state index < -0.39 is 0 Å². The highest BCUT2D eigenvalue weighted by Crippen LogP contribution is 2.47. The van der Waals surface area contributed by atoms with Gasteiger partial charge in [0.1, 0.15) is 23.5 Å². The van der Waals surface area contributed by atoms with E-state index in [0.29, 0.717) is 0 Å². The number of rotatable bonds is 8. The molecule has 0 saturated heterocycles. The predicted octanol–water partition coefficient (Wildman–Crippen LogP) is 9.79. The molecule has 0 amide bonds. The summed E-state index contributed by atoms with van der Waals surface area (Å²) in [4.78, 5) is 7.63. The Kier molecular flexibility index (Phi) is 8.50. The molecule has 2 aliphatic heterocycles. The Balaban J connectivity index is 1.01. The number of aryl methyl sites for hydroxylation is 2. The highest BCUT2D eigenvalue weighted by molar-refractivity contribution is 8.04. The first-order chi connectivity index (χ1) is 23.1. The number of thiazole rings is 2. The van der Waals surface area contributed by atoms with E-state index >= 15 is 0 Å². The van der Waals surface area contributed by atoms with Crippen molar-refractivity contribution in [2.45, 2.75) is 16.2 Å². The Bertz CT molecular complexity index is 2080. The number of fused-ring (bicyclic) bond motifs is 4. The van der Waals surface area contributed by atoms with Crippen LogP contribution in [0.1, 0.15) is 16.4 Å². The topological polar surface area (TPSA) is 14.2 Å². The van der Waals surface area contributed by atoms with Gasteiger partial charge in [0.15, 0.2) is 0 Å². The lowest BCUT2D eigenvalue weighted by Crippen LogP contribution is -2.28. The number of aromatic nitrogens is 2. The van der Waals surface area contributed by atoms with Gasteiger partial charge in [-0.05, 0) is 55.0 Å². The van der Waals surface area contributed by atoms with Crippen LogP contribution < -0.4 is 18.9 Å². The van der Waals surface area contributed by atoms with Gasteiger partial charge >= 0.3 is 0 Å². The lowest BCUT2D eigenvalue weighted by molar-refractivity contribution is -0.642. The lowest BCUT2D eigenvalue weighted by atomic mass is 10.2. The molecular weight excluding hydrogens is 653 g/mol. The fourth-order valence-corrected chi connectivity index (χ4v) is 10.5. The van der Waals surface area contributed by atoms with Gasteiger partial charge in [-0.15, -0.1) is 0 Å². The van der Waals surface area contributed by atoms with Gasteiger partial charge in [-0.3, -0.25) is 0 Å². The Morgan fingerprint density at radius 2 is 0.979 bits per heavy atom. The largest absolute Gasteiger partial charge is 0.335 e. The molecule has 0 fully saturated rings. The predicted molar refractivity (Wildman–Crippen MR) is 204 cm³/mol. The first-order valence-electron chi connectivity index (χ1n) is 15.7. The monoisotopic (exact) mass is 686 g/mol. The third kappa shape index (κ3) is 5.95. The van der Waals surface area contributed by atoms with Crippen LogP contribution in [0, 0.1) is 0 Å². The lowest BCUT2D eigenvalue weighted by Gasteiger charge is -2.24. The Morgan fingerprint density at radius 1 is 0.553 bits per heavy atom. The standard InChI is InChI=1S/C39H34N4S4/c1-40-28-14-3-7-18-32(28)44-36(40)22-11-24-38-42(30-16-5-9-20-34(30)46-38)26-13-27-43-31-17-6-10-21-35(31)47-39(43)25-12-23-37-41(2)29-15-4-8-19-33(29)45-37/h3-12,14-25H,13,26-27H2,1-2H3/q+2. The number of anilines is 2. The van der Waals surface area contributed by atoms with E-state index in [-0.39, 0.29) is 0 Å². The first-order valence-corrected chi connectivity index (χ1v) is 19.0. The third-order valence-electron chi connectivity index (χ3n) is 8.54. The summed E-state index contributed by atoms with van der Waals surface area (Å²) in [5.74, 6) is 0. The molecule has 0 bridgehead atoms. The van der Waals surface area contributed by atoms with Crippen molar-refractivity contribution >= 4 is 90.2 Å². The van der Waals surface area contributed by atoms with Crippen molar-refractivity contribution in [1.29, 1.82) is 0 Å². The molecule has 0 spiro atoms. The van der Waals surface area contributed by atoms with Crippen molar-refractivity contribution in [1.82, 2.24) is 0 Å². The molecule has 47 heavy (non-hydrogen) atoms. The number of hydrogen-bond acceptors (Lipinski definition) is 6. The van der Waals surface area contributed by atoms with E-state index in [1.165, 1.54) is 61.7 Å². The van der Waals surface area contributed by atoms with Crippen LogP contribution in [0.4, 0.5) is 11.4 Å². The van der Waals surface area contributed by atoms with E-state index in [1.54, 1.807) is 0 Å². The molecule has 4 aromatic carbocycles. The van der Waals surface area contributed by atoms with E-state index in [4.69, 9.17) is 0 Å². The summed E-state index contributed by atoms with van der Waals surface area (Å²) in [5.41, 5.74) is 5.15. The van der Waals surface area contributed by atoms with Crippen molar-refractivity contribution in [3.63, 3.8) is 0 Å². The van der Waals surface area contributed by atoms with Gasteiger partial charge in [-0.25, -0.2) is 0 Å². The molecule has 0 aliphatic carbocycles. The van der Waals surface area contributed by atoms with Gasteiger partial charge in [-0.1, -0.05) is 107 Å². The van der Waals surface area contributed by atoms with Crippen LogP contribution in [0.2, 0.25) is 0 Å². The molecule has 232 valence electrons. The summed E-state index contributed by atoms with van der Waals surface area (Å²) in [6.07, 6.45) is 14.5. The highest BCUT2D eigenvalue weighted by Gasteiger charge is 2.27. The number of thioether (sulfide) groups is 2. The van der Waals surface area contributed by atoms with Crippen LogP contribution in [0.3, 0.4) is 0 Å². The fraction of sp³-hybridized carbons (Fsp3) is 0.128. The van der Waals surface area contributed by atoms with E-state index in [1.807, 2.05) is 46.2 Å². The maximum Gasteiger partial charge on any atom is 0.262 e. The molecule has 0 radical (unpaired) electrons. The molecule has 8 heteroatoms. The zero-order valence-corrected chi connectivity index (χ0v) is 29.5. The number of para-hydroxylation sites is 4. The van der Waals surface area contributed by atoms with Crippen LogP contribution in [0.5, 0.6) is 0 Å². The van der Waals surface area contributed by atoms with Crippen LogP contribution in [-0.2, 0) is 14.1 Å². The van der Waals surface area contributed by atoms with Crippen molar-refractivity contribution < 1.29 is 9.13 Å². The minimum atomic E-state index is 0.949. The van der Waals surface area contributed by atoms with Gasteiger partial charge in [0, 0.05) is 47.2 Å². The van der Waals surface area contributed by atoms with E-state index in [9.17, 15) is 0 Å². The smallest absolute Gasteiger partial charge is 0.262 e. The van der Waals surface area contributed by atoms with Gasteiger partial charge in [0.05, 0.1) is 21.4 Å². The maximum atomic E-state index is 2.50. The third-order valence-corrected chi connectivity index (χ3v) is 13.2. The van der Waals surface area contributed by atoms with Crippen molar-refractivity contribution in [2.24, 2.45) is 14.1 Å². The average Bonchev–Trinajstić information content (AvgIpc) is 3.83. The molecule has 0 atom stereocenters. The number of allylic oxidation sites excluding steroid dienone is 4. The zero-order valence-electron chi connectivity index (χ0n) is 26.2. The molecule has 0 unspecified atom stereocenters. The second kappa shape index (κ2) is 13.2. The van der Waals surface area contributed by atoms with Crippen molar-refractivity contribution in [3.05, 3.63) is 141 Å². The summed E-state index contributed by atoms with van der Waals surface area (Å²) >= 11 is 7.39. The molecular formula is C39H34N4S4+2. The van der Waals surface area contributed by atoms with Crippen LogP contribution in [0.15, 0.2) is 141 Å². The van der Waals surface area contributed by atoms with Crippen molar-refractivity contribution in [2.75, 3.05) is 22.9 Å². The van der Waals surface area contributed by atoms with Gasteiger partial charge in [0.2, 0.25) is 11.0 Å². The number of nitrogens with zero attached hydrogens (tertiary/aromatic N) is 4. The maximum absolute atomic E-state index is 2.50. The van der Waals surface area contributed by atoms with Crippen LogP contribution in [-0.4, -0.2) is 13.1 Å². The summed E-state index contributed by atoms with van der Waals surface area (Å²) in [5, 5.41) is 5.04. The second-order valence-corrected chi connectivity index (χ2v) is 15.7. The Hall–Kier alpha value is -4.08. The zero-order chi connectivity index (χ0) is 31.7. The average molecular weight is 687 g/mol. The van der Waals surface area contributed by atoms with Crippen LogP contribution >= 0.6 is 46.2 Å². The molecule has 2 aromatic heterocycles. The fourth-order valence-electron chi connectivity index (χ4n) is 6.16. The first kappa shape index (κ1) is 30.3. The molecule has 0 saturated carbocycles. The Morgan fingerprint density at radius 3 is 1.45 bits per heavy atom. The van der Waals surface area contributed by atoms with E-state index in [0.717, 1.165) is 19.5 Å². The number of benzene rings is 4. The summed E-state index contributed by atoms with van der Waals surface area (Å²) in [6.45, 7) is 1.90. The molecule has 4 heterocycles. The summed E-state index contributed by atoms with van der Waals surface area (Å²) in [7, 11) is 4.30. The molecule has 0 N–H and O–H groups in total. The van der Waals surface area contributed by atoms with Gasteiger partial charge in [0.25, 0.3) is 10.0 Å². The van der Waals surface area contributed by atoms with Gasteiger partial charge < -0.3 is 9.80 Å². The minimum absolute atomic E-state index is 0.949. The van der Waals surface area contributed by atoms with Crippen molar-refractivity contribution in [3.8, 4) is 0 Å². The minimum Gasteiger partial charge on any atom is -0.335 e. The quantitative estimate of drug-likeness (QED) is 0.148. The highest BCUT2D eigenvalue weighted by atomic mass is 32.2.